The number of carboxylic acid groups (broad SMARTS) is 1. The minimum Gasteiger partial charge on any atom is -0.481 e. The quantitative estimate of drug-likeness (QED) is 0.829. The van der Waals surface area contributed by atoms with Crippen LogP contribution in [0.1, 0.15) is 13.3 Å². The third kappa shape index (κ3) is 4.25. The first-order valence-corrected chi connectivity index (χ1v) is 6.90. The molecule has 0 aliphatic rings. The second-order valence-corrected chi connectivity index (χ2v) is 5.74. The molecular formula is C11H13F2NO4S. The molecule has 1 rings (SSSR count). The minimum atomic E-state index is -4.11. The van der Waals surface area contributed by atoms with Crippen LogP contribution >= 0.6 is 0 Å². The SMILES string of the molecule is CC(CCNS(=O)(=O)c1ccc(F)cc1F)C(=O)O. The lowest BCUT2D eigenvalue weighted by Gasteiger charge is -2.09. The van der Waals surface area contributed by atoms with E-state index in [1.54, 1.807) is 0 Å². The summed E-state index contributed by atoms with van der Waals surface area (Å²) in [7, 11) is -4.11. The second kappa shape index (κ2) is 6.07. The molecule has 0 saturated heterocycles. The van der Waals surface area contributed by atoms with E-state index in [1.807, 2.05) is 0 Å². The number of hydrogen-bond acceptors (Lipinski definition) is 3. The fourth-order valence-electron chi connectivity index (χ4n) is 1.30. The standard InChI is InChI=1S/C11H13F2NO4S/c1-7(11(15)16)4-5-14-19(17,18)10-3-2-8(12)6-9(10)13/h2-3,6-7,14H,4-5H2,1H3,(H,15,16). The van der Waals surface area contributed by atoms with E-state index in [2.05, 4.69) is 4.72 Å². The lowest BCUT2D eigenvalue weighted by Crippen LogP contribution is -2.28. The van der Waals surface area contributed by atoms with Crippen LogP contribution in [0.2, 0.25) is 0 Å². The van der Waals surface area contributed by atoms with Crippen molar-refractivity contribution in [3.8, 4) is 0 Å². The molecular weight excluding hydrogens is 280 g/mol. The summed E-state index contributed by atoms with van der Waals surface area (Å²) >= 11 is 0. The highest BCUT2D eigenvalue weighted by molar-refractivity contribution is 7.89. The van der Waals surface area contributed by atoms with E-state index >= 15 is 0 Å². The van der Waals surface area contributed by atoms with Gasteiger partial charge in [0, 0.05) is 12.6 Å². The maximum Gasteiger partial charge on any atom is 0.306 e. The molecule has 1 aromatic rings. The van der Waals surface area contributed by atoms with Gasteiger partial charge in [0.25, 0.3) is 0 Å². The molecule has 0 amide bonds. The van der Waals surface area contributed by atoms with Gasteiger partial charge in [0.2, 0.25) is 10.0 Å². The first-order valence-electron chi connectivity index (χ1n) is 5.41. The molecule has 0 aliphatic carbocycles. The van der Waals surface area contributed by atoms with Crippen molar-refractivity contribution in [1.82, 2.24) is 4.72 Å². The highest BCUT2D eigenvalue weighted by atomic mass is 32.2. The summed E-state index contributed by atoms with van der Waals surface area (Å²) in [4.78, 5) is 9.87. The van der Waals surface area contributed by atoms with Gasteiger partial charge in [-0.3, -0.25) is 4.79 Å². The van der Waals surface area contributed by atoms with Crippen LogP contribution in [0, 0.1) is 17.6 Å². The van der Waals surface area contributed by atoms with E-state index < -0.39 is 38.4 Å². The highest BCUT2D eigenvalue weighted by Gasteiger charge is 2.20. The van der Waals surface area contributed by atoms with Crippen LogP contribution in [-0.2, 0) is 14.8 Å². The molecule has 0 aliphatic heterocycles. The van der Waals surface area contributed by atoms with E-state index in [-0.39, 0.29) is 13.0 Å². The molecule has 1 unspecified atom stereocenters. The number of halogens is 2. The predicted octanol–water partition coefficient (Wildman–Crippen LogP) is 1.35. The molecule has 0 fully saturated rings. The molecule has 0 radical (unpaired) electrons. The van der Waals surface area contributed by atoms with Crippen LogP contribution in [-0.4, -0.2) is 26.0 Å². The number of benzene rings is 1. The maximum atomic E-state index is 13.3. The Morgan fingerprint density at radius 2 is 2.05 bits per heavy atom. The van der Waals surface area contributed by atoms with Crippen LogP contribution in [0.15, 0.2) is 23.1 Å². The number of rotatable bonds is 6. The van der Waals surface area contributed by atoms with Crippen LogP contribution in [0.5, 0.6) is 0 Å². The number of hydrogen-bond donors (Lipinski definition) is 2. The average molecular weight is 293 g/mol. The monoisotopic (exact) mass is 293 g/mol. The fourth-order valence-corrected chi connectivity index (χ4v) is 2.41. The number of carboxylic acids is 1. The average Bonchev–Trinajstić information content (AvgIpc) is 2.27. The fraction of sp³-hybridized carbons (Fsp3) is 0.364. The Morgan fingerprint density at radius 3 is 2.58 bits per heavy atom. The van der Waals surface area contributed by atoms with Gasteiger partial charge in [0.1, 0.15) is 16.5 Å². The van der Waals surface area contributed by atoms with Gasteiger partial charge in [0.05, 0.1) is 5.92 Å². The Labute approximate surface area is 109 Å². The number of nitrogens with one attached hydrogen (secondary N) is 1. The van der Waals surface area contributed by atoms with E-state index in [4.69, 9.17) is 5.11 Å². The molecule has 0 bridgehead atoms. The molecule has 8 heteroatoms. The van der Waals surface area contributed by atoms with Crippen molar-refractivity contribution in [2.75, 3.05) is 6.54 Å². The van der Waals surface area contributed by atoms with Crippen LogP contribution in [0.4, 0.5) is 8.78 Å². The predicted molar refractivity (Wildman–Crippen MR) is 63.0 cm³/mol. The first-order chi connectivity index (χ1) is 8.74. The largest absolute Gasteiger partial charge is 0.481 e. The number of carbonyl (C=O) groups is 1. The van der Waals surface area contributed by atoms with Crippen molar-refractivity contribution in [2.45, 2.75) is 18.2 Å². The van der Waals surface area contributed by atoms with Gasteiger partial charge in [-0.25, -0.2) is 21.9 Å². The molecule has 106 valence electrons. The summed E-state index contributed by atoms with van der Waals surface area (Å²) in [6.07, 6.45) is 0.0668. The zero-order valence-electron chi connectivity index (χ0n) is 10.1. The summed E-state index contributed by atoms with van der Waals surface area (Å²) in [6.45, 7) is 1.28. The molecule has 0 aromatic heterocycles. The van der Waals surface area contributed by atoms with Gasteiger partial charge in [-0.1, -0.05) is 6.92 Å². The Kier molecular flexibility index (Phi) is 4.96. The van der Waals surface area contributed by atoms with E-state index in [0.29, 0.717) is 6.07 Å². The second-order valence-electron chi connectivity index (χ2n) is 4.00. The van der Waals surface area contributed by atoms with Crippen molar-refractivity contribution in [2.24, 2.45) is 5.92 Å². The van der Waals surface area contributed by atoms with Gasteiger partial charge in [0.15, 0.2) is 0 Å². The zero-order chi connectivity index (χ0) is 14.6. The topological polar surface area (TPSA) is 83.5 Å². The Morgan fingerprint density at radius 1 is 1.42 bits per heavy atom. The summed E-state index contributed by atoms with van der Waals surface area (Å²) in [5.41, 5.74) is 0. The summed E-state index contributed by atoms with van der Waals surface area (Å²) < 4.78 is 51.4. The summed E-state index contributed by atoms with van der Waals surface area (Å²) in [5.74, 6) is -3.84. The zero-order valence-corrected chi connectivity index (χ0v) is 10.9. The molecule has 0 saturated carbocycles. The lowest BCUT2D eigenvalue weighted by molar-refractivity contribution is -0.141. The normalized spacial score (nSPS) is 13.2. The highest BCUT2D eigenvalue weighted by Crippen LogP contribution is 2.15. The van der Waals surface area contributed by atoms with Gasteiger partial charge >= 0.3 is 5.97 Å². The van der Waals surface area contributed by atoms with Crippen molar-refractivity contribution < 1.29 is 27.1 Å². The van der Waals surface area contributed by atoms with Gasteiger partial charge < -0.3 is 5.11 Å². The van der Waals surface area contributed by atoms with Crippen molar-refractivity contribution in [1.29, 1.82) is 0 Å². The molecule has 1 atom stereocenters. The molecule has 0 heterocycles. The Bertz CT molecular complexity index is 574. The van der Waals surface area contributed by atoms with Crippen LogP contribution in [0.25, 0.3) is 0 Å². The maximum absolute atomic E-state index is 13.3. The summed E-state index contributed by atoms with van der Waals surface area (Å²) in [6, 6.07) is 2.11. The third-order valence-electron chi connectivity index (χ3n) is 2.47. The van der Waals surface area contributed by atoms with Gasteiger partial charge in [-0.15, -0.1) is 0 Å². The van der Waals surface area contributed by atoms with E-state index in [0.717, 1.165) is 12.1 Å². The van der Waals surface area contributed by atoms with Crippen LogP contribution in [0.3, 0.4) is 0 Å². The minimum absolute atomic E-state index is 0.0668. The molecule has 19 heavy (non-hydrogen) atoms. The summed E-state index contributed by atoms with van der Waals surface area (Å²) in [5, 5.41) is 8.62. The van der Waals surface area contributed by atoms with E-state index in [1.165, 1.54) is 6.92 Å². The number of aliphatic carboxylic acids is 1. The van der Waals surface area contributed by atoms with Gasteiger partial charge in [-0.05, 0) is 18.6 Å². The number of sulfonamides is 1. The molecule has 2 N–H and O–H groups in total. The molecule has 1 aromatic carbocycles. The van der Waals surface area contributed by atoms with E-state index in [9.17, 15) is 22.0 Å². The third-order valence-corrected chi connectivity index (χ3v) is 3.97. The van der Waals surface area contributed by atoms with Crippen molar-refractivity contribution >= 4 is 16.0 Å². The lowest BCUT2D eigenvalue weighted by atomic mass is 10.1. The first kappa shape index (κ1) is 15.5. The molecule has 5 nitrogen and oxygen atoms in total. The smallest absolute Gasteiger partial charge is 0.306 e. The Hall–Kier alpha value is -1.54. The van der Waals surface area contributed by atoms with Crippen LogP contribution < -0.4 is 4.72 Å². The Balaban J connectivity index is 2.74. The van der Waals surface area contributed by atoms with Crippen molar-refractivity contribution in [3.05, 3.63) is 29.8 Å². The van der Waals surface area contributed by atoms with Crippen molar-refractivity contribution in [3.63, 3.8) is 0 Å². The molecule has 0 spiro atoms. The van der Waals surface area contributed by atoms with Gasteiger partial charge in [-0.2, -0.15) is 0 Å².